The maximum absolute atomic E-state index is 12.7. The molecule has 1 unspecified atom stereocenters. The average molecular weight is 302 g/mol. The molecular weight excluding hydrogens is 288 g/mol. The van der Waals surface area contributed by atoms with Crippen molar-refractivity contribution in [1.82, 2.24) is 9.88 Å². The van der Waals surface area contributed by atoms with Gasteiger partial charge < -0.3 is 9.64 Å². The van der Waals surface area contributed by atoms with Crippen molar-refractivity contribution in [3.63, 3.8) is 0 Å². The topological polar surface area (TPSA) is 59.5 Å². The first-order chi connectivity index (χ1) is 10.2. The summed E-state index contributed by atoms with van der Waals surface area (Å²) in [6.45, 7) is 0.508. The second-order valence-corrected chi connectivity index (χ2v) is 5.71. The Labute approximate surface area is 126 Å². The average Bonchev–Trinajstić information content (AvgIpc) is 3.01. The number of fused-ring (bicyclic) bond motifs is 1. The molecule has 0 bridgehead atoms. The van der Waals surface area contributed by atoms with Crippen molar-refractivity contribution in [3.8, 4) is 0 Å². The van der Waals surface area contributed by atoms with Crippen molar-refractivity contribution < 1.29 is 14.3 Å². The minimum absolute atomic E-state index is 0.176. The summed E-state index contributed by atoms with van der Waals surface area (Å²) >= 11 is 1.61. The lowest BCUT2D eigenvalue weighted by Gasteiger charge is -2.34. The van der Waals surface area contributed by atoms with Gasteiger partial charge in [-0.25, -0.2) is 4.79 Å². The molecule has 2 aromatic heterocycles. The standard InChI is InChI=1S/C15H14N2O3S/c1-20-15(19)13-11-5-9-21-12(11)4-8-17(13)14(18)10-2-6-16-7-3-10/h2-3,5-7,9,13H,4,8H2,1H3. The van der Waals surface area contributed by atoms with Gasteiger partial charge in [0.1, 0.15) is 0 Å². The first kappa shape index (κ1) is 13.8. The van der Waals surface area contributed by atoms with Crippen molar-refractivity contribution in [2.24, 2.45) is 0 Å². The summed E-state index contributed by atoms with van der Waals surface area (Å²) in [5.41, 5.74) is 1.40. The molecule has 3 heterocycles. The van der Waals surface area contributed by atoms with Gasteiger partial charge in [-0.3, -0.25) is 9.78 Å². The Balaban J connectivity index is 1.98. The molecule has 0 spiro atoms. The summed E-state index contributed by atoms with van der Waals surface area (Å²) in [5.74, 6) is -0.582. The first-order valence-corrected chi connectivity index (χ1v) is 7.45. The summed E-state index contributed by atoms with van der Waals surface area (Å²) in [6.07, 6.45) is 3.90. The van der Waals surface area contributed by atoms with E-state index in [0.717, 1.165) is 16.9 Å². The van der Waals surface area contributed by atoms with Crippen LogP contribution in [0.4, 0.5) is 0 Å². The van der Waals surface area contributed by atoms with Gasteiger partial charge in [-0.2, -0.15) is 0 Å². The molecule has 0 saturated carbocycles. The Kier molecular flexibility index (Phi) is 3.70. The highest BCUT2D eigenvalue weighted by Crippen LogP contribution is 2.34. The number of aromatic nitrogens is 1. The van der Waals surface area contributed by atoms with E-state index in [1.54, 1.807) is 40.8 Å². The number of hydrogen-bond donors (Lipinski definition) is 0. The number of rotatable bonds is 2. The molecule has 1 aliphatic rings. The highest BCUT2D eigenvalue weighted by atomic mass is 32.1. The molecule has 1 atom stereocenters. The number of ether oxygens (including phenoxy) is 1. The van der Waals surface area contributed by atoms with Gasteiger partial charge in [0.2, 0.25) is 0 Å². The van der Waals surface area contributed by atoms with Gasteiger partial charge in [-0.05, 0) is 35.6 Å². The highest BCUT2D eigenvalue weighted by Gasteiger charge is 2.37. The van der Waals surface area contributed by atoms with E-state index in [1.807, 2.05) is 11.4 Å². The normalized spacial score (nSPS) is 17.2. The van der Waals surface area contributed by atoms with Crippen LogP contribution in [0.15, 0.2) is 36.0 Å². The highest BCUT2D eigenvalue weighted by molar-refractivity contribution is 7.10. The Morgan fingerprint density at radius 1 is 1.33 bits per heavy atom. The van der Waals surface area contributed by atoms with Gasteiger partial charge in [-0.15, -0.1) is 11.3 Å². The number of carbonyl (C=O) groups is 2. The van der Waals surface area contributed by atoms with Crippen LogP contribution in [0.2, 0.25) is 0 Å². The zero-order valence-corrected chi connectivity index (χ0v) is 12.3. The summed E-state index contributed by atoms with van der Waals surface area (Å²) in [6, 6.07) is 4.54. The Morgan fingerprint density at radius 3 is 2.81 bits per heavy atom. The molecular formula is C15H14N2O3S. The van der Waals surface area contributed by atoms with Crippen molar-refractivity contribution in [2.45, 2.75) is 12.5 Å². The van der Waals surface area contributed by atoms with Gasteiger partial charge in [0.15, 0.2) is 6.04 Å². The Bertz CT molecular complexity index is 669. The van der Waals surface area contributed by atoms with Gasteiger partial charge >= 0.3 is 5.97 Å². The predicted molar refractivity (Wildman–Crippen MR) is 78.1 cm³/mol. The largest absolute Gasteiger partial charge is 0.467 e. The van der Waals surface area contributed by atoms with E-state index in [2.05, 4.69) is 4.98 Å². The van der Waals surface area contributed by atoms with E-state index in [0.29, 0.717) is 12.1 Å². The smallest absolute Gasteiger partial charge is 0.333 e. The van der Waals surface area contributed by atoms with Crippen LogP contribution < -0.4 is 0 Å². The monoisotopic (exact) mass is 302 g/mol. The van der Waals surface area contributed by atoms with Crippen molar-refractivity contribution >= 4 is 23.2 Å². The van der Waals surface area contributed by atoms with Gasteiger partial charge in [0.25, 0.3) is 5.91 Å². The summed E-state index contributed by atoms with van der Waals surface area (Å²) in [4.78, 5) is 31.4. The molecule has 0 radical (unpaired) electrons. The molecule has 1 amide bonds. The molecule has 2 aromatic rings. The SMILES string of the molecule is COC(=O)C1c2ccsc2CCN1C(=O)c1ccncc1. The molecule has 108 valence electrons. The van der Waals surface area contributed by atoms with Crippen molar-refractivity contribution in [1.29, 1.82) is 0 Å². The van der Waals surface area contributed by atoms with Crippen LogP contribution in [0.5, 0.6) is 0 Å². The number of esters is 1. The zero-order valence-electron chi connectivity index (χ0n) is 11.5. The third kappa shape index (κ3) is 2.42. The Morgan fingerprint density at radius 2 is 2.10 bits per heavy atom. The van der Waals surface area contributed by atoms with E-state index in [9.17, 15) is 9.59 Å². The maximum Gasteiger partial charge on any atom is 0.333 e. The first-order valence-electron chi connectivity index (χ1n) is 6.57. The van der Waals surface area contributed by atoms with E-state index in [-0.39, 0.29) is 5.91 Å². The number of nitrogens with zero attached hydrogens (tertiary/aromatic N) is 2. The molecule has 5 nitrogen and oxygen atoms in total. The fourth-order valence-corrected chi connectivity index (χ4v) is 3.47. The predicted octanol–water partition coefficient (Wildman–Crippen LogP) is 2.06. The number of hydrogen-bond acceptors (Lipinski definition) is 5. The van der Waals surface area contributed by atoms with E-state index >= 15 is 0 Å². The van der Waals surface area contributed by atoms with Gasteiger partial charge in [-0.1, -0.05) is 0 Å². The fourth-order valence-electron chi connectivity index (χ4n) is 2.56. The summed E-state index contributed by atoms with van der Waals surface area (Å²) < 4.78 is 4.89. The number of pyridine rings is 1. The van der Waals surface area contributed by atoms with Gasteiger partial charge in [0, 0.05) is 29.4 Å². The fraction of sp³-hybridized carbons (Fsp3) is 0.267. The van der Waals surface area contributed by atoms with Crippen LogP contribution >= 0.6 is 11.3 Å². The van der Waals surface area contributed by atoms with Crippen LogP contribution in [-0.4, -0.2) is 35.4 Å². The molecule has 0 aliphatic carbocycles. The molecule has 0 N–H and O–H groups in total. The van der Waals surface area contributed by atoms with Crippen LogP contribution in [0.25, 0.3) is 0 Å². The minimum Gasteiger partial charge on any atom is -0.467 e. The molecule has 21 heavy (non-hydrogen) atoms. The molecule has 0 fully saturated rings. The number of carbonyl (C=O) groups excluding carboxylic acids is 2. The Hall–Kier alpha value is -2.21. The van der Waals surface area contributed by atoms with Crippen molar-refractivity contribution in [2.75, 3.05) is 13.7 Å². The maximum atomic E-state index is 12.7. The summed E-state index contributed by atoms with van der Waals surface area (Å²) in [7, 11) is 1.35. The number of thiophene rings is 1. The number of amides is 1. The lowest BCUT2D eigenvalue weighted by atomic mass is 9.99. The molecule has 1 aliphatic heterocycles. The molecule has 0 aromatic carbocycles. The molecule has 6 heteroatoms. The zero-order chi connectivity index (χ0) is 14.8. The lowest BCUT2D eigenvalue weighted by Crippen LogP contribution is -2.43. The van der Waals surface area contributed by atoms with Gasteiger partial charge in [0.05, 0.1) is 7.11 Å². The van der Waals surface area contributed by atoms with Crippen LogP contribution in [0, 0.1) is 0 Å². The van der Waals surface area contributed by atoms with E-state index in [4.69, 9.17) is 4.74 Å². The second kappa shape index (κ2) is 5.65. The van der Waals surface area contributed by atoms with Crippen LogP contribution in [0.3, 0.4) is 0 Å². The minimum atomic E-state index is -0.661. The number of methoxy groups -OCH3 is 1. The van der Waals surface area contributed by atoms with Crippen molar-refractivity contribution in [3.05, 3.63) is 52.0 Å². The lowest BCUT2D eigenvalue weighted by molar-refractivity contribution is -0.146. The second-order valence-electron chi connectivity index (χ2n) is 4.71. The van der Waals surface area contributed by atoms with E-state index < -0.39 is 12.0 Å². The summed E-state index contributed by atoms with van der Waals surface area (Å²) in [5, 5.41) is 1.95. The molecule has 3 rings (SSSR count). The third-order valence-corrected chi connectivity index (χ3v) is 4.57. The van der Waals surface area contributed by atoms with Crippen LogP contribution in [0.1, 0.15) is 26.8 Å². The van der Waals surface area contributed by atoms with Crippen LogP contribution in [-0.2, 0) is 16.0 Å². The quantitative estimate of drug-likeness (QED) is 0.797. The third-order valence-electron chi connectivity index (χ3n) is 3.58. The molecule has 0 saturated heterocycles. The van der Waals surface area contributed by atoms with E-state index in [1.165, 1.54) is 7.11 Å².